The normalized spacial score (nSPS) is 12.5. The lowest BCUT2D eigenvalue weighted by Gasteiger charge is -2.34. The van der Waals surface area contributed by atoms with Gasteiger partial charge in [0.05, 0.1) is 20.6 Å². The molecule has 0 aliphatic heterocycles. The van der Waals surface area contributed by atoms with E-state index in [1.165, 1.54) is 29.2 Å². The highest BCUT2D eigenvalue weighted by atomic mass is 35.5. The Hall–Kier alpha value is -2.78. The minimum atomic E-state index is -4.19. The van der Waals surface area contributed by atoms with Gasteiger partial charge in [0.2, 0.25) is 11.8 Å². The van der Waals surface area contributed by atoms with Gasteiger partial charge in [0, 0.05) is 17.1 Å². The van der Waals surface area contributed by atoms with Gasteiger partial charge in [-0.25, -0.2) is 8.42 Å². The lowest BCUT2D eigenvalue weighted by Crippen LogP contribution is -2.55. The largest absolute Gasteiger partial charge is 0.350 e. The highest BCUT2D eigenvalue weighted by molar-refractivity contribution is 7.92. The fraction of sp³-hybridized carbons (Fsp3) is 0.333. The molecule has 1 atom stereocenters. The van der Waals surface area contributed by atoms with E-state index in [1.807, 2.05) is 27.7 Å². The summed E-state index contributed by atoms with van der Waals surface area (Å²) in [6.07, 6.45) is 0.295. The number of benzene rings is 3. The van der Waals surface area contributed by atoms with Gasteiger partial charge >= 0.3 is 0 Å². The predicted octanol–water partition coefficient (Wildman–Crippen LogP) is 6.87. The molecule has 0 aromatic heterocycles. The van der Waals surface area contributed by atoms with Crippen molar-refractivity contribution in [1.29, 1.82) is 0 Å². The fourth-order valence-electron chi connectivity index (χ4n) is 4.18. The molecule has 3 aromatic rings. The highest BCUT2D eigenvalue weighted by Gasteiger charge is 2.34. The maximum Gasteiger partial charge on any atom is 0.264 e. The molecule has 1 N–H and O–H groups in total. The van der Waals surface area contributed by atoms with E-state index in [4.69, 9.17) is 34.8 Å². The van der Waals surface area contributed by atoms with Crippen LogP contribution in [0.4, 0.5) is 5.69 Å². The summed E-state index contributed by atoms with van der Waals surface area (Å²) < 4.78 is 28.8. The van der Waals surface area contributed by atoms with Gasteiger partial charge in [0.1, 0.15) is 12.6 Å². The number of nitrogens with zero attached hydrogens (tertiary/aromatic N) is 2. The number of hydrogen-bond donors (Lipinski definition) is 1. The van der Waals surface area contributed by atoms with Gasteiger partial charge in [0.25, 0.3) is 10.0 Å². The van der Waals surface area contributed by atoms with E-state index in [0.717, 1.165) is 9.87 Å². The highest BCUT2D eigenvalue weighted by Crippen LogP contribution is 2.27. The number of amides is 2. The topological polar surface area (TPSA) is 86.8 Å². The number of hydrogen-bond acceptors (Lipinski definition) is 4. The van der Waals surface area contributed by atoms with Crippen molar-refractivity contribution in [3.8, 4) is 0 Å². The van der Waals surface area contributed by atoms with E-state index < -0.39 is 34.1 Å². The van der Waals surface area contributed by atoms with E-state index in [-0.39, 0.29) is 17.3 Å². The van der Waals surface area contributed by atoms with Crippen molar-refractivity contribution < 1.29 is 18.0 Å². The summed E-state index contributed by atoms with van der Waals surface area (Å²) in [6, 6.07) is 16.6. The summed E-state index contributed by atoms with van der Waals surface area (Å²) in [5, 5.41) is 3.97. The smallest absolute Gasteiger partial charge is 0.264 e. The molecule has 0 heterocycles. The molecule has 0 radical (unpaired) electrons. The van der Waals surface area contributed by atoms with Crippen molar-refractivity contribution in [2.45, 2.75) is 64.1 Å². The van der Waals surface area contributed by atoms with Crippen LogP contribution in [0.3, 0.4) is 0 Å². The van der Waals surface area contributed by atoms with Gasteiger partial charge in [0.15, 0.2) is 0 Å². The maximum atomic E-state index is 14.1. The van der Waals surface area contributed by atoms with Crippen molar-refractivity contribution in [3.63, 3.8) is 0 Å². The summed E-state index contributed by atoms with van der Waals surface area (Å²) >= 11 is 18.3. The monoisotopic (exact) mass is 637 g/mol. The third kappa shape index (κ3) is 8.61. The summed E-state index contributed by atoms with van der Waals surface area (Å²) in [7, 11) is -4.19. The van der Waals surface area contributed by atoms with Gasteiger partial charge in [-0.05, 0) is 88.2 Å². The molecule has 220 valence electrons. The van der Waals surface area contributed by atoms with Crippen LogP contribution in [-0.4, -0.2) is 43.3 Å². The molecule has 41 heavy (non-hydrogen) atoms. The number of carbonyl (C=O) groups excluding carboxylic acids is 2. The van der Waals surface area contributed by atoms with E-state index in [2.05, 4.69) is 5.32 Å². The number of sulfonamides is 1. The second kappa shape index (κ2) is 13.5. The maximum absolute atomic E-state index is 14.1. The zero-order chi connectivity index (χ0) is 30.5. The minimum absolute atomic E-state index is 0.00845. The molecule has 11 heteroatoms. The Morgan fingerprint density at radius 3 is 2.05 bits per heavy atom. The van der Waals surface area contributed by atoms with Gasteiger partial charge in [-0.1, -0.05) is 65.5 Å². The number of aryl methyl sites for hydroxylation is 1. The van der Waals surface area contributed by atoms with Crippen LogP contribution >= 0.6 is 34.8 Å². The quantitative estimate of drug-likeness (QED) is 0.263. The Morgan fingerprint density at radius 2 is 1.51 bits per heavy atom. The first-order valence-electron chi connectivity index (χ1n) is 13.0. The predicted molar refractivity (Wildman–Crippen MR) is 166 cm³/mol. The second-order valence-corrected chi connectivity index (χ2v) is 13.8. The summed E-state index contributed by atoms with van der Waals surface area (Å²) in [6.45, 7) is 8.68. The Bertz CT molecular complexity index is 1490. The van der Waals surface area contributed by atoms with E-state index in [1.54, 1.807) is 49.4 Å². The van der Waals surface area contributed by atoms with Crippen molar-refractivity contribution in [1.82, 2.24) is 10.2 Å². The molecule has 3 aromatic carbocycles. The lowest BCUT2D eigenvalue weighted by molar-refractivity contribution is -0.141. The summed E-state index contributed by atoms with van der Waals surface area (Å²) in [5.74, 6) is -0.916. The van der Waals surface area contributed by atoms with Crippen LogP contribution in [0.5, 0.6) is 0 Å². The number of nitrogens with one attached hydrogen (secondary N) is 1. The second-order valence-electron chi connectivity index (χ2n) is 10.7. The molecule has 0 saturated carbocycles. The van der Waals surface area contributed by atoms with Gasteiger partial charge in [-0.3, -0.25) is 13.9 Å². The van der Waals surface area contributed by atoms with Crippen LogP contribution in [0.25, 0.3) is 0 Å². The third-order valence-corrected chi connectivity index (χ3v) is 9.00. The van der Waals surface area contributed by atoms with Gasteiger partial charge < -0.3 is 10.2 Å². The number of anilines is 1. The Morgan fingerprint density at radius 1 is 0.902 bits per heavy atom. The van der Waals surface area contributed by atoms with Crippen molar-refractivity contribution in [2.24, 2.45) is 0 Å². The van der Waals surface area contributed by atoms with Crippen LogP contribution in [0.1, 0.15) is 45.2 Å². The van der Waals surface area contributed by atoms with Crippen molar-refractivity contribution in [3.05, 3.63) is 92.9 Å². The van der Waals surface area contributed by atoms with Crippen LogP contribution in [0.2, 0.25) is 15.1 Å². The van der Waals surface area contributed by atoms with Gasteiger partial charge in [-0.2, -0.15) is 0 Å². The summed E-state index contributed by atoms with van der Waals surface area (Å²) in [5.41, 5.74) is 1.32. The zero-order valence-electron chi connectivity index (χ0n) is 23.6. The number of halogens is 3. The molecule has 0 saturated heterocycles. The van der Waals surface area contributed by atoms with Gasteiger partial charge in [-0.15, -0.1) is 0 Å². The number of carbonyl (C=O) groups is 2. The van der Waals surface area contributed by atoms with E-state index >= 15 is 0 Å². The SMILES string of the molecule is CC[C@@H](C(=O)NC(C)(C)C)N(Cc1ccc(Cl)c(Cl)c1)C(=O)CN(c1ccc(C)cc1)S(=O)(=O)c1ccc(Cl)cc1. The molecule has 7 nitrogen and oxygen atoms in total. The Labute approximate surface area is 257 Å². The Balaban J connectivity index is 2.08. The van der Waals surface area contributed by atoms with Crippen molar-refractivity contribution in [2.75, 3.05) is 10.8 Å². The molecular weight excluding hydrogens is 605 g/mol. The van der Waals surface area contributed by atoms with Crippen LogP contribution in [0.15, 0.2) is 71.6 Å². The van der Waals surface area contributed by atoms with Crippen LogP contribution in [-0.2, 0) is 26.2 Å². The molecule has 0 spiro atoms. The minimum Gasteiger partial charge on any atom is -0.350 e. The van der Waals surface area contributed by atoms with Crippen molar-refractivity contribution >= 4 is 62.3 Å². The molecule has 0 aliphatic carbocycles. The van der Waals surface area contributed by atoms with E-state index in [9.17, 15) is 18.0 Å². The fourth-order valence-corrected chi connectivity index (χ4v) is 6.04. The standard InChI is InChI=1S/C30H34Cl3N3O4S/c1-6-27(29(38)34-30(3,4)5)35(18-21-9-16-25(32)26(33)17-21)28(37)19-36(23-12-7-20(2)8-13-23)41(39,40)24-14-10-22(31)11-15-24/h7-17,27H,6,18-19H2,1-5H3,(H,34,38)/t27-/m0/s1. The molecule has 3 rings (SSSR count). The lowest BCUT2D eigenvalue weighted by atomic mass is 10.1. The van der Waals surface area contributed by atoms with E-state index in [0.29, 0.717) is 32.7 Å². The molecule has 0 bridgehead atoms. The van der Waals surface area contributed by atoms with Crippen LogP contribution < -0.4 is 9.62 Å². The molecule has 0 fully saturated rings. The first kappa shape index (κ1) is 32.7. The molecular formula is C30H34Cl3N3O4S. The zero-order valence-corrected chi connectivity index (χ0v) is 26.7. The average molecular weight is 639 g/mol. The number of rotatable bonds is 10. The molecule has 0 aliphatic rings. The summed E-state index contributed by atoms with van der Waals surface area (Å²) in [4.78, 5) is 28.9. The third-order valence-electron chi connectivity index (χ3n) is 6.22. The first-order chi connectivity index (χ1) is 19.1. The van der Waals surface area contributed by atoms with Crippen LogP contribution in [0, 0.1) is 6.92 Å². The Kier molecular flexibility index (Phi) is 10.7. The molecule has 2 amide bonds. The molecule has 0 unspecified atom stereocenters. The average Bonchev–Trinajstić information content (AvgIpc) is 2.89. The first-order valence-corrected chi connectivity index (χ1v) is 15.6.